The molecule has 106 valence electrons. The molecule has 2 aromatic rings. The molecule has 0 saturated carbocycles. The number of carbonyl (C=O) groups is 1. The number of rotatable bonds is 7. The van der Waals surface area contributed by atoms with Crippen LogP contribution in [0.1, 0.15) is 6.42 Å². The lowest BCUT2D eigenvalue weighted by Gasteiger charge is -2.07. The predicted molar refractivity (Wildman–Crippen MR) is 74.0 cm³/mol. The Kier molecular flexibility index (Phi) is 4.94. The lowest BCUT2D eigenvalue weighted by atomic mass is 10.3. The average Bonchev–Trinajstić information content (AvgIpc) is 2.92. The van der Waals surface area contributed by atoms with Crippen LogP contribution in [0.25, 0.3) is 0 Å². The molecule has 0 radical (unpaired) electrons. The number of hydrogen-bond acceptors (Lipinski definition) is 5. The molecule has 1 aromatic carbocycles. The van der Waals surface area contributed by atoms with Crippen molar-refractivity contribution in [3.05, 3.63) is 36.7 Å². The second kappa shape index (κ2) is 7.13. The molecular formula is C13H17N5O2. The topological polar surface area (TPSA) is 95.1 Å². The summed E-state index contributed by atoms with van der Waals surface area (Å²) in [6.07, 6.45) is 3.64. The van der Waals surface area contributed by atoms with Crippen LogP contribution in [0.2, 0.25) is 0 Å². The second-order valence-electron chi connectivity index (χ2n) is 4.19. The number of nitrogens with zero attached hydrogens (tertiary/aromatic N) is 3. The van der Waals surface area contributed by atoms with Gasteiger partial charge in [0.15, 0.2) is 0 Å². The fourth-order valence-electron chi connectivity index (χ4n) is 1.62. The summed E-state index contributed by atoms with van der Waals surface area (Å²) < 4.78 is 7.10. The Bertz CT molecular complexity index is 541. The molecule has 3 N–H and O–H groups in total. The number of carbonyl (C=O) groups excluding carboxylic acids is 1. The van der Waals surface area contributed by atoms with Gasteiger partial charge in [0.25, 0.3) is 0 Å². The van der Waals surface area contributed by atoms with Crippen LogP contribution in [-0.2, 0) is 11.3 Å². The monoisotopic (exact) mass is 275 g/mol. The van der Waals surface area contributed by atoms with Crippen molar-refractivity contribution in [2.75, 3.05) is 18.9 Å². The van der Waals surface area contributed by atoms with E-state index in [9.17, 15) is 4.79 Å². The maximum Gasteiger partial charge on any atom is 0.223 e. The number of nitrogen functional groups attached to an aromatic ring is 1. The first-order valence-corrected chi connectivity index (χ1v) is 6.33. The minimum absolute atomic E-state index is 0.0611. The van der Waals surface area contributed by atoms with Gasteiger partial charge < -0.3 is 15.8 Å². The van der Waals surface area contributed by atoms with Crippen LogP contribution in [0.4, 0.5) is 5.69 Å². The Hall–Kier alpha value is -2.57. The first-order chi connectivity index (χ1) is 9.74. The van der Waals surface area contributed by atoms with E-state index in [1.165, 1.54) is 0 Å². The fraction of sp³-hybridized carbons (Fsp3) is 0.308. The van der Waals surface area contributed by atoms with E-state index in [4.69, 9.17) is 10.5 Å². The van der Waals surface area contributed by atoms with Gasteiger partial charge in [0.2, 0.25) is 5.91 Å². The fourth-order valence-corrected chi connectivity index (χ4v) is 1.62. The van der Waals surface area contributed by atoms with Crippen molar-refractivity contribution >= 4 is 11.6 Å². The molecular weight excluding hydrogens is 258 g/mol. The van der Waals surface area contributed by atoms with Crippen molar-refractivity contribution in [1.29, 1.82) is 0 Å². The number of nitrogens with one attached hydrogen (secondary N) is 1. The molecule has 20 heavy (non-hydrogen) atoms. The number of benzene rings is 1. The van der Waals surface area contributed by atoms with Gasteiger partial charge in [-0.25, -0.2) is 0 Å². The predicted octanol–water partition coefficient (Wildman–Crippen LogP) is 0.446. The lowest BCUT2D eigenvalue weighted by molar-refractivity contribution is -0.121. The van der Waals surface area contributed by atoms with Gasteiger partial charge in [0, 0.05) is 24.5 Å². The third kappa shape index (κ3) is 4.60. The highest BCUT2D eigenvalue weighted by atomic mass is 16.5. The summed E-state index contributed by atoms with van der Waals surface area (Å²) in [4.78, 5) is 11.6. The molecule has 0 atom stereocenters. The summed E-state index contributed by atoms with van der Waals surface area (Å²) >= 11 is 0. The van der Waals surface area contributed by atoms with Gasteiger partial charge in [0.1, 0.15) is 5.75 Å². The number of aromatic nitrogens is 3. The van der Waals surface area contributed by atoms with Crippen molar-refractivity contribution in [1.82, 2.24) is 20.3 Å². The normalized spacial score (nSPS) is 10.2. The van der Waals surface area contributed by atoms with Gasteiger partial charge in [-0.3, -0.25) is 9.48 Å². The maximum absolute atomic E-state index is 11.6. The molecule has 2 rings (SSSR count). The van der Waals surface area contributed by atoms with Gasteiger partial charge in [0.05, 0.1) is 25.8 Å². The van der Waals surface area contributed by atoms with E-state index in [1.807, 2.05) is 6.07 Å². The van der Waals surface area contributed by atoms with E-state index in [1.54, 1.807) is 35.3 Å². The van der Waals surface area contributed by atoms with Crippen LogP contribution in [0, 0.1) is 0 Å². The summed E-state index contributed by atoms with van der Waals surface area (Å²) in [5, 5.41) is 10.3. The molecule has 0 fully saturated rings. The molecule has 1 aromatic heterocycles. The van der Waals surface area contributed by atoms with Gasteiger partial charge in [-0.15, -0.1) is 5.10 Å². The first-order valence-electron chi connectivity index (χ1n) is 6.33. The lowest BCUT2D eigenvalue weighted by Crippen LogP contribution is -2.28. The molecule has 7 nitrogen and oxygen atoms in total. The average molecular weight is 275 g/mol. The van der Waals surface area contributed by atoms with Crippen molar-refractivity contribution in [3.8, 4) is 5.75 Å². The van der Waals surface area contributed by atoms with Crippen molar-refractivity contribution in [2.45, 2.75) is 13.0 Å². The van der Waals surface area contributed by atoms with E-state index in [-0.39, 0.29) is 5.91 Å². The van der Waals surface area contributed by atoms with Gasteiger partial charge in [-0.05, 0) is 12.1 Å². The standard InChI is InChI=1S/C13H17N5O2/c14-11-2-1-3-12(10-11)20-9-4-13(19)15-5-7-18-8-6-16-17-18/h1-3,6,8,10H,4-5,7,9,14H2,(H,15,19). The quantitative estimate of drug-likeness (QED) is 0.715. The highest BCUT2D eigenvalue weighted by Gasteiger charge is 2.02. The Labute approximate surface area is 116 Å². The molecule has 0 aliphatic heterocycles. The van der Waals surface area contributed by atoms with Crippen LogP contribution in [0.15, 0.2) is 36.7 Å². The Morgan fingerprint density at radius 2 is 2.35 bits per heavy atom. The minimum atomic E-state index is -0.0611. The Balaban J connectivity index is 1.60. The summed E-state index contributed by atoms with van der Waals surface area (Å²) in [7, 11) is 0. The zero-order valence-corrected chi connectivity index (χ0v) is 11.0. The molecule has 0 aliphatic rings. The molecule has 7 heteroatoms. The number of anilines is 1. The van der Waals surface area contributed by atoms with Crippen LogP contribution in [0.5, 0.6) is 5.75 Å². The van der Waals surface area contributed by atoms with Crippen LogP contribution in [-0.4, -0.2) is 34.1 Å². The van der Waals surface area contributed by atoms with Crippen LogP contribution < -0.4 is 15.8 Å². The number of ether oxygens (including phenoxy) is 1. The maximum atomic E-state index is 11.6. The number of nitrogens with two attached hydrogens (primary N) is 1. The van der Waals surface area contributed by atoms with E-state index >= 15 is 0 Å². The summed E-state index contributed by atoms with van der Waals surface area (Å²) in [6.45, 7) is 1.43. The third-order valence-electron chi connectivity index (χ3n) is 2.59. The van der Waals surface area contributed by atoms with E-state index in [2.05, 4.69) is 15.6 Å². The minimum Gasteiger partial charge on any atom is -0.493 e. The van der Waals surface area contributed by atoms with Crippen LogP contribution in [0.3, 0.4) is 0 Å². The molecule has 0 saturated heterocycles. The van der Waals surface area contributed by atoms with E-state index in [0.717, 1.165) is 0 Å². The summed E-state index contributed by atoms with van der Waals surface area (Å²) in [6, 6.07) is 7.12. The zero-order chi connectivity index (χ0) is 14.2. The molecule has 0 bridgehead atoms. The van der Waals surface area contributed by atoms with Gasteiger partial charge >= 0.3 is 0 Å². The van der Waals surface area contributed by atoms with Crippen molar-refractivity contribution in [3.63, 3.8) is 0 Å². The molecule has 1 amide bonds. The molecule has 1 heterocycles. The second-order valence-corrected chi connectivity index (χ2v) is 4.19. The highest BCUT2D eigenvalue weighted by molar-refractivity contribution is 5.75. The molecule has 0 spiro atoms. The van der Waals surface area contributed by atoms with Gasteiger partial charge in [-0.1, -0.05) is 11.3 Å². The van der Waals surface area contributed by atoms with Crippen LogP contribution >= 0.6 is 0 Å². The number of hydrogen-bond donors (Lipinski definition) is 2. The summed E-state index contributed by atoms with van der Waals surface area (Å²) in [5.41, 5.74) is 6.27. The van der Waals surface area contributed by atoms with Crippen molar-refractivity contribution in [2.24, 2.45) is 0 Å². The first kappa shape index (κ1) is 13.9. The van der Waals surface area contributed by atoms with E-state index in [0.29, 0.717) is 37.6 Å². The van der Waals surface area contributed by atoms with E-state index < -0.39 is 0 Å². The van der Waals surface area contributed by atoms with Gasteiger partial charge in [-0.2, -0.15) is 0 Å². The highest BCUT2D eigenvalue weighted by Crippen LogP contribution is 2.14. The Morgan fingerprint density at radius 3 is 3.10 bits per heavy atom. The largest absolute Gasteiger partial charge is 0.493 e. The Morgan fingerprint density at radius 1 is 1.45 bits per heavy atom. The smallest absolute Gasteiger partial charge is 0.223 e. The van der Waals surface area contributed by atoms with Crippen molar-refractivity contribution < 1.29 is 9.53 Å². The SMILES string of the molecule is Nc1cccc(OCCC(=O)NCCn2ccnn2)c1. The zero-order valence-electron chi connectivity index (χ0n) is 11.0. The third-order valence-corrected chi connectivity index (χ3v) is 2.59. The molecule has 0 unspecified atom stereocenters. The summed E-state index contributed by atoms with van der Waals surface area (Å²) in [5.74, 6) is 0.606. The molecule has 0 aliphatic carbocycles. The number of amides is 1.